The lowest BCUT2D eigenvalue weighted by Crippen LogP contribution is -2.46. The van der Waals surface area contributed by atoms with Gasteiger partial charge in [-0.3, -0.25) is 9.78 Å². The van der Waals surface area contributed by atoms with Crippen LogP contribution >= 0.6 is 0 Å². The zero-order valence-electron chi connectivity index (χ0n) is 12.4. The molecule has 21 heavy (non-hydrogen) atoms. The highest BCUT2D eigenvalue weighted by atomic mass is 16.2. The molecule has 0 bridgehead atoms. The first kappa shape index (κ1) is 13.3. The molecule has 4 atom stereocenters. The maximum absolute atomic E-state index is 13.0. The van der Waals surface area contributed by atoms with Gasteiger partial charge in [0.05, 0.1) is 12.1 Å². The van der Waals surface area contributed by atoms with E-state index in [1.54, 1.807) is 0 Å². The number of nitrogens with one attached hydrogen (secondary N) is 1. The molecular formula is C17H23N3O. The molecule has 0 radical (unpaired) electrons. The molecule has 4 heteroatoms. The van der Waals surface area contributed by atoms with Crippen molar-refractivity contribution in [3.63, 3.8) is 0 Å². The molecular weight excluding hydrogens is 262 g/mol. The molecule has 4 rings (SSSR count). The van der Waals surface area contributed by atoms with Crippen molar-refractivity contribution in [1.29, 1.82) is 0 Å². The van der Waals surface area contributed by atoms with E-state index in [0.717, 1.165) is 31.8 Å². The number of hydrogen-bond donors (Lipinski definition) is 1. The van der Waals surface area contributed by atoms with E-state index in [4.69, 9.17) is 0 Å². The van der Waals surface area contributed by atoms with Crippen molar-refractivity contribution in [2.75, 3.05) is 13.1 Å². The minimum Gasteiger partial charge on any atom is -0.334 e. The van der Waals surface area contributed by atoms with Gasteiger partial charge in [-0.25, -0.2) is 0 Å². The highest BCUT2D eigenvalue weighted by Crippen LogP contribution is 2.40. The Morgan fingerprint density at radius 1 is 1.19 bits per heavy atom. The van der Waals surface area contributed by atoms with Crippen LogP contribution in [0.1, 0.15) is 43.7 Å². The first-order valence-electron chi connectivity index (χ1n) is 8.28. The molecule has 1 amide bonds. The lowest BCUT2D eigenvalue weighted by atomic mass is 9.93. The topological polar surface area (TPSA) is 45.2 Å². The summed E-state index contributed by atoms with van der Waals surface area (Å²) in [5.41, 5.74) is 1.23. The summed E-state index contributed by atoms with van der Waals surface area (Å²) in [7, 11) is 0. The largest absolute Gasteiger partial charge is 0.334 e. The van der Waals surface area contributed by atoms with Crippen molar-refractivity contribution in [2.24, 2.45) is 11.8 Å². The Morgan fingerprint density at radius 3 is 2.90 bits per heavy atom. The number of carbonyl (C=O) groups is 1. The standard InChI is InChI=1S/C17H23N3O/c21-17(16-14-4-1-3-13(14)11-19-16)20-10-2-5-15(20)12-6-8-18-9-7-12/h6-9,13-16,19H,1-5,10-11H2. The predicted octanol–water partition coefficient (Wildman–Crippen LogP) is 2.13. The van der Waals surface area contributed by atoms with Crippen molar-refractivity contribution in [2.45, 2.75) is 44.2 Å². The lowest BCUT2D eigenvalue weighted by molar-refractivity contribution is -0.135. The van der Waals surface area contributed by atoms with Gasteiger partial charge in [-0.15, -0.1) is 0 Å². The summed E-state index contributed by atoms with van der Waals surface area (Å²) in [6, 6.07) is 4.43. The first-order valence-corrected chi connectivity index (χ1v) is 8.28. The fraction of sp³-hybridized carbons (Fsp3) is 0.647. The average molecular weight is 285 g/mol. The summed E-state index contributed by atoms with van der Waals surface area (Å²) in [6.07, 6.45) is 9.68. The van der Waals surface area contributed by atoms with Gasteiger partial charge in [0.25, 0.3) is 0 Å². The predicted molar refractivity (Wildman–Crippen MR) is 80.5 cm³/mol. The number of aromatic nitrogens is 1. The van der Waals surface area contributed by atoms with Crippen LogP contribution in [-0.2, 0) is 4.79 Å². The van der Waals surface area contributed by atoms with Gasteiger partial charge in [-0.05, 0) is 61.8 Å². The van der Waals surface area contributed by atoms with E-state index in [0.29, 0.717) is 11.8 Å². The van der Waals surface area contributed by atoms with Gasteiger partial charge >= 0.3 is 0 Å². The molecule has 1 aliphatic carbocycles. The Morgan fingerprint density at radius 2 is 2.05 bits per heavy atom. The molecule has 3 heterocycles. The van der Waals surface area contributed by atoms with Crippen molar-refractivity contribution >= 4 is 5.91 Å². The maximum Gasteiger partial charge on any atom is 0.240 e. The number of nitrogens with zero attached hydrogens (tertiary/aromatic N) is 2. The molecule has 1 aromatic heterocycles. The highest BCUT2D eigenvalue weighted by Gasteiger charge is 2.45. The van der Waals surface area contributed by atoms with Gasteiger partial charge in [0.2, 0.25) is 5.91 Å². The zero-order valence-corrected chi connectivity index (χ0v) is 12.4. The highest BCUT2D eigenvalue weighted by molar-refractivity contribution is 5.83. The Labute approximate surface area is 125 Å². The summed E-state index contributed by atoms with van der Waals surface area (Å²) in [4.78, 5) is 19.2. The Bertz CT molecular complexity index is 518. The SMILES string of the molecule is O=C(C1NCC2CCCC21)N1CCCC1c1ccncc1. The number of hydrogen-bond acceptors (Lipinski definition) is 3. The summed E-state index contributed by atoms with van der Waals surface area (Å²) in [5.74, 6) is 1.65. The van der Waals surface area contributed by atoms with Crippen LogP contribution in [0.2, 0.25) is 0 Å². The molecule has 3 aliphatic rings. The molecule has 1 saturated carbocycles. The van der Waals surface area contributed by atoms with Crippen LogP contribution in [0, 0.1) is 11.8 Å². The van der Waals surface area contributed by atoms with E-state index in [2.05, 4.69) is 27.3 Å². The molecule has 2 aliphatic heterocycles. The Kier molecular flexibility index (Phi) is 3.42. The number of amides is 1. The van der Waals surface area contributed by atoms with E-state index in [-0.39, 0.29) is 12.1 Å². The smallest absolute Gasteiger partial charge is 0.240 e. The fourth-order valence-electron chi connectivity index (χ4n) is 4.60. The number of likely N-dealkylation sites (tertiary alicyclic amines) is 1. The molecule has 3 fully saturated rings. The van der Waals surface area contributed by atoms with E-state index >= 15 is 0 Å². The second kappa shape index (κ2) is 5.41. The number of fused-ring (bicyclic) bond motifs is 1. The van der Waals surface area contributed by atoms with Gasteiger partial charge in [0.1, 0.15) is 0 Å². The van der Waals surface area contributed by atoms with Crippen LogP contribution in [-0.4, -0.2) is 34.9 Å². The third kappa shape index (κ3) is 2.26. The lowest BCUT2D eigenvalue weighted by Gasteiger charge is -2.29. The van der Waals surface area contributed by atoms with Crippen molar-refractivity contribution in [3.8, 4) is 0 Å². The Hall–Kier alpha value is -1.42. The second-order valence-corrected chi connectivity index (χ2v) is 6.71. The molecule has 0 aromatic carbocycles. The van der Waals surface area contributed by atoms with Crippen LogP contribution in [0.5, 0.6) is 0 Å². The van der Waals surface area contributed by atoms with Gasteiger partial charge in [-0.2, -0.15) is 0 Å². The normalized spacial score (nSPS) is 35.1. The maximum atomic E-state index is 13.0. The molecule has 0 spiro atoms. The fourth-order valence-corrected chi connectivity index (χ4v) is 4.60. The summed E-state index contributed by atoms with van der Waals surface area (Å²) < 4.78 is 0. The van der Waals surface area contributed by atoms with Gasteiger partial charge in [0.15, 0.2) is 0 Å². The van der Waals surface area contributed by atoms with Gasteiger partial charge < -0.3 is 10.2 Å². The second-order valence-electron chi connectivity index (χ2n) is 6.71. The Balaban J connectivity index is 1.53. The van der Waals surface area contributed by atoms with Crippen LogP contribution in [0.3, 0.4) is 0 Å². The van der Waals surface area contributed by atoms with E-state index in [1.165, 1.54) is 24.8 Å². The zero-order chi connectivity index (χ0) is 14.2. The van der Waals surface area contributed by atoms with E-state index < -0.39 is 0 Å². The number of carbonyl (C=O) groups excluding carboxylic acids is 1. The third-order valence-electron chi connectivity index (χ3n) is 5.64. The third-order valence-corrected chi connectivity index (χ3v) is 5.64. The monoisotopic (exact) mass is 285 g/mol. The number of rotatable bonds is 2. The minimum absolute atomic E-state index is 0.0694. The van der Waals surface area contributed by atoms with Crippen molar-refractivity contribution in [1.82, 2.24) is 15.2 Å². The molecule has 2 saturated heterocycles. The summed E-state index contributed by atoms with van der Waals surface area (Å²) >= 11 is 0. The molecule has 4 nitrogen and oxygen atoms in total. The van der Waals surface area contributed by atoms with Crippen LogP contribution in [0.4, 0.5) is 0 Å². The number of pyridine rings is 1. The van der Waals surface area contributed by atoms with E-state index in [1.807, 2.05) is 12.4 Å². The summed E-state index contributed by atoms with van der Waals surface area (Å²) in [5, 5.41) is 3.50. The minimum atomic E-state index is 0.0694. The van der Waals surface area contributed by atoms with E-state index in [9.17, 15) is 4.79 Å². The van der Waals surface area contributed by atoms with Gasteiger partial charge in [-0.1, -0.05) is 6.42 Å². The van der Waals surface area contributed by atoms with Gasteiger partial charge in [0, 0.05) is 18.9 Å². The molecule has 4 unspecified atom stereocenters. The molecule has 1 N–H and O–H groups in total. The van der Waals surface area contributed by atoms with Crippen LogP contribution < -0.4 is 5.32 Å². The average Bonchev–Trinajstić information content (AvgIpc) is 3.23. The molecule has 112 valence electrons. The van der Waals surface area contributed by atoms with Crippen molar-refractivity contribution < 1.29 is 4.79 Å². The van der Waals surface area contributed by atoms with Crippen LogP contribution in [0.15, 0.2) is 24.5 Å². The molecule has 1 aromatic rings. The van der Waals surface area contributed by atoms with Crippen LogP contribution in [0.25, 0.3) is 0 Å². The summed E-state index contributed by atoms with van der Waals surface area (Å²) in [6.45, 7) is 1.94. The van der Waals surface area contributed by atoms with Crippen molar-refractivity contribution in [3.05, 3.63) is 30.1 Å². The first-order chi connectivity index (χ1) is 10.3. The quantitative estimate of drug-likeness (QED) is 0.905.